The van der Waals surface area contributed by atoms with Crippen molar-refractivity contribution in [2.75, 3.05) is 39.3 Å². The molecule has 2 N–H and O–H groups in total. The van der Waals surface area contributed by atoms with Crippen LogP contribution in [0, 0.1) is 5.41 Å². The first-order chi connectivity index (χ1) is 8.95. The smallest absolute Gasteiger partial charge is 0.191 e. The Bertz CT molecular complexity index is 252. The van der Waals surface area contributed by atoms with E-state index in [4.69, 9.17) is 4.74 Å². The van der Waals surface area contributed by atoms with Crippen LogP contribution in [0.3, 0.4) is 0 Å². The molecule has 4 nitrogen and oxygen atoms in total. The van der Waals surface area contributed by atoms with Gasteiger partial charge in [0, 0.05) is 27.2 Å². The lowest BCUT2D eigenvalue weighted by atomic mass is 9.89. The van der Waals surface area contributed by atoms with Gasteiger partial charge in [-0.1, -0.05) is 20.8 Å². The lowest BCUT2D eigenvalue weighted by Gasteiger charge is -2.30. The highest BCUT2D eigenvalue weighted by molar-refractivity contribution is 7.98. The van der Waals surface area contributed by atoms with Crippen LogP contribution < -0.4 is 10.6 Å². The van der Waals surface area contributed by atoms with Crippen LogP contribution in [-0.2, 0) is 4.74 Å². The lowest BCUT2D eigenvalue weighted by Crippen LogP contribution is -2.45. The third-order valence-corrected chi connectivity index (χ3v) is 3.69. The van der Waals surface area contributed by atoms with Crippen molar-refractivity contribution in [3.63, 3.8) is 0 Å². The Morgan fingerprint density at radius 1 is 1.26 bits per heavy atom. The molecule has 0 amide bonds. The first-order valence-electron chi connectivity index (χ1n) is 6.92. The van der Waals surface area contributed by atoms with Gasteiger partial charge in [0.2, 0.25) is 0 Å². The second-order valence-electron chi connectivity index (χ2n) is 5.67. The number of nitrogens with zero attached hydrogens (tertiary/aromatic N) is 1. The summed E-state index contributed by atoms with van der Waals surface area (Å²) in [5.74, 6) is 2.08. The number of nitrogens with one attached hydrogen (secondary N) is 2. The summed E-state index contributed by atoms with van der Waals surface area (Å²) in [6, 6.07) is 0. The third-order valence-electron chi connectivity index (χ3n) is 3.00. The third kappa shape index (κ3) is 9.16. The van der Waals surface area contributed by atoms with Gasteiger partial charge in [0.15, 0.2) is 5.96 Å². The predicted octanol–water partition coefficient (Wildman–Crippen LogP) is 2.36. The molecule has 5 heteroatoms. The minimum atomic E-state index is 0.124. The van der Waals surface area contributed by atoms with Crippen molar-refractivity contribution in [2.24, 2.45) is 10.4 Å². The highest BCUT2D eigenvalue weighted by Crippen LogP contribution is 2.20. The molecule has 0 aliphatic heterocycles. The molecule has 0 spiro atoms. The van der Waals surface area contributed by atoms with Crippen molar-refractivity contribution in [2.45, 2.75) is 39.7 Å². The van der Waals surface area contributed by atoms with Crippen LogP contribution in [0.5, 0.6) is 0 Å². The Hall–Kier alpha value is -0.420. The van der Waals surface area contributed by atoms with Gasteiger partial charge >= 0.3 is 0 Å². The maximum atomic E-state index is 5.52. The molecular weight excluding hydrogens is 258 g/mol. The number of aliphatic imine (C=N–C) groups is 1. The zero-order valence-corrected chi connectivity index (χ0v) is 14.2. The zero-order valence-electron chi connectivity index (χ0n) is 13.4. The summed E-state index contributed by atoms with van der Waals surface area (Å²) in [4.78, 5) is 4.23. The molecule has 1 unspecified atom stereocenters. The van der Waals surface area contributed by atoms with E-state index in [1.54, 1.807) is 14.2 Å². The van der Waals surface area contributed by atoms with Crippen LogP contribution in [0.25, 0.3) is 0 Å². The highest BCUT2D eigenvalue weighted by atomic mass is 32.2. The Kier molecular flexibility index (Phi) is 10.1. The molecule has 0 aromatic carbocycles. The van der Waals surface area contributed by atoms with E-state index in [1.807, 2.05) is 11.8 Å². The van der Waals surface area contributed by atoms with Gasteiger partial charge in [0.1, 0.15) is 0 Å². The topological polar surface area (TPSA) is 45.7 Å². The van der Waals surface area contributed by atoms with Crippen molar-refractivity contribution in [1.82, 2.24) is 10.6 Å². The average molecular weight is 289 g/mol. The molecule has 0 aromatic rings. The maximum absolute atomic E-state index is 5.52. The summed E-state index contributed by atoms with van der Waals surface area (Å²) >= 11 is 1.90. The van der Waals surface area contributed by atoms with Gasteiger partial charge in [-0.2, -0.15) is 11.8 Å². The molecule has 0 aromatic heterocycles. The van der Waals surface area contributed by atoms with E-state index in [2.05, 4.69) is 42.7 Å². The van der Waals surface area contributed by atoms with E-state index in [0.29, 0.717) is 0 Å². The first-order valence-corrected chi connectivity index (χ1v) is 8.31. The molecule has 0 heterocycles. The van der Waals surface area contributed by atoms with Gasteiger partial charge in [-0.25, -0.2) is 0 Å². The summed E-state index contributed by atoms with van der Waals surface area (Å²) < 4.78 is 5.52. The van der Waals surface area contributed by atoms with Crippen LogP contribution >= 0.6 is 11.8 Å². The van der Waals surface area contributed by atoms with Crippen LogP contribution in [-0.4, -0.2) is 51.3 Å². The van der Waals surface area contributed by atoms with Crippen molar-refractivity contribution in [3.8, 4) is 0 Å². The molecule has 114 valence electrons. The average Bonchev–Trinajstić information content (AvgIpc) is 2.35. The van der Waals surface area contributed by atoms with E-state index in [9.17, 15) is 0 Å². The first kappa shape index (κ1) is 18.6. The fourth-order valence-corrected chi connectivity index (χ4v) is 2.22. The molecule has 0 bridgehead atoms. The standard InChI is InChI=1S/C14H31N3OS/c1-14(2,3)12(18-5)11-17-13(15-4)16-9-7-8-10-19-6/h12H,7-11H2,1-6H3,(H2,15,16,17). The van der Waals surface area contributed by atoms with Crippen molar-refractivity contribution in [1.29, 1.82) is 0 Å². The monoisotopic (exact) mass is 289 g/mol. The Morgan fingerprint density at radius 3 is 2.42 bits per heavy atom. The summed E-state index contributed by atoms with van der Waals surface area (Å²) in [6.07, 6.45) is 4.73. The number of unbranched alkanes of at least 4 members (excludes halogenated alkanes) is 1. The predicted molar refractivity (Wildman–Crippen MR) is 87.2 cm³/mol. The molecule has 0 fully saturated rings. The number of hydrogen-bond acceptors (Lipinski definition) is 3. The maximum Gasteiger partial charge on any atom is 0.191 e. The normalized spacial score (nSPS) is 14.3. The molecular formula is C14H31N3OS. The van der Waals surface area contributed by atoms with Crippen molar-refractivity contribution >= 4 is 17.7 Å². The largest absolute Gasteiger partial charge is 0.379 e. The fraction of sp³-hybridized carbons (Fsp3) is 0.929. The molecule has 0 saturated carbocycles. The summed E-state index contributed by atoms with van der Waals surface area (Å²) in [5.41, 5.74) is 0.124. The number of methoxy groups -OCH3 is 1. The zero-order chi connectivity index (χ0) is 14.7. The quantitative estimate of drug-likeness (QED) is 0.409. The Morgan fingerprint density at radius 2 is 1.95 bits per heavy atom. The van der Waals surface area contributed by atoms with Crippen LogP contribution in [0.4, 0.5) is 0 Å². The molecule has 0 aliphatic carbocycles. The van der Waals surface area contributed by atoms with Gasteiger partial charge < -0.3 is 15.4 Å². The SMILES string of the molecule is CN=C(NCCCCSC)NCC(OC)C(C)(C)C. The molecule has 19 heavy (non-hydrogen) atoms. The van der Waals surface area contributed by atoms with Gasteiger partial charge in [-0.15, -0.1) is 0 Å². The number of hydrogen-bond donors (Lipinski definition) is 2. The van der Waals surface area contributed by atoms with E-state index >= 15 is 0 Å². The van der Waals surface area contributed by atoms with Gasteiger partial charge in [0.25, 0.3) is 0 Å². The molecule has 0 aliphatic rings. The summed E-state index contributed by atoms with van der Waals surface area (Å²) in [5, 5.41) is 6.66. The molecule has 0 saturated heterocycles. The van der Waals surface area contributed by atoms with E-state index < -0.39 is 0 Å². The fourth-order valence-electron chi connectivity index (χ4n) is 1.73. The summed E-state index contributed by atoms with van der Waals surface area (Å²) in [7, 11) is 3.56. The van der Waals surface area contributed by atoms with Crippen LogP contribution in [0.15, 0.2) is 4.99 Å². The van der Waals surface area contributed by atoms with E-state index in [0.717, 1.165) is 19.0 Å². The highest BCUT2D eigenvalue weighted by Gasteiger charge is 2.24. The van der Waals surface area contributed by atoms with E-state index in [-0.39, 0.29) is 11.5 Å². The van der Waals surface area contributed by atoms with Gasteiger partial charge in [-0.05, 0) is 30.3 Å². The summed E-state index contributed by atoms with van der Waals surface area (Å²) in [6.45, 7) is 8.28. The van der Waals surface area contributed by atoms with Gasteiger partial charge in [-0.3, -0.25) is 4.99 Å². The number of ether oxygens (including phenoxy) is 1. The number of guanidine groups is 1. The minimum Gasteiger partial charge on any atom is -0.379 e. The van der Waals surface area contributed by atoms with Crippen LogP contribution in [0.2, 0.25) is 0 Å². The Labute approximate surface area is 123 Å². The molecule has 0 radical (unpaired) electrons. The van der Waals surface area contributed by atoms with Crippen molar-refractivity contribution < 1.29 is 4.74 Å². The second-order valence-corrected chi connectivity index (χ2v) is 6.66. The van der Waals surface area contributed by atoms with Crippen molar-refractivity contribution in [3.05, 3.63) is 0 Å². The van der Waals surface area contributed by atoms with Crippen LogP contribution in [0.1, 0.15) is 33.6 Å². The number of rotatable bonds is 8. The van der Waals surface area contributed by atoms with Gasteiger partial charge in [0.05, 0.1) is 6.10 Å². The molecule has 1 atom stereocenters. The molecule has 0 rings (SSSR count). The second kappa shape index (κ2) is 10.4. The van der Waals surface area contributed by atoms with E-state index in [1.165, 1.54) is 18.6 Å². The Balaban J connectivity index is 3.94. The minimum absolute atomic E-state index is 0.124. The number of thioether (sulfide) groups is 1. The lowest BCUT2D eigenvalue weighted by molar-refractivity contribution is 0.0205.